The van der Waals surface area contributed by atoms with Crippen molar-refractivity contribution in [1.29, 1.82) is 0 Å². The molecule has 1 heterocycles. The molecule has 0 saturated heterocycles. The van der Waals surface area contributed by atoms with Gasteiger partial charge in [0.1, 0.15) is 0 Å². The molecule has 3 rings (SSSR count). The SMILES string of the molecule is CN(Cc1csc(Br)c1)c1ccc(CN)c2ccccc12. The molecule has 0 unspecified atom stereocenters. The summed E-state index contributed by atoms with van der Waals surface area (Å²) in [4.78, 5) is 2.29. The van der Waals surface area contributed by atoms with Crippen LogP contribution in [0, 0.1) is 0 Å². The zero-order valence-electron chi connectivity index (χ0n) is 11.8. The maximum Gasteiger partial charge on any atom is 0.0701 e. The second-order valence-corrected chi connectivity index (χ2v) is 7.40. The first-order valence-electron chi connectivity index (χ1n) is 6.84. The van der Waals surface area contributed by atoms with E-state index < -0.39 is 0 Å². The number of nitrogens with zero attached hydrogens (tertiary/aromatic N) is 1. The molecule has 21 heavy (non-hydrogen) atoms. The van der Waals surface area contributed by atoms with Crippen LogP contribution in [0.4, 0.5) is 5.69 Å². The fourth-order valence-corrected chi connectivity index (χ4v) is 3.84. The van der Waals surface area contributed by atoms with Crippen LogP contribution in [0.5, 0.6) is 0 Å². The average Bonchev–Trinajstić information content (AvgIpc) is 2.91. The third-order valence-corrected chi connectivity index (χ3v) is 5.22. The van der Waals surface area contributed by atoms with Crippen LogP contribution in [0.1, 0.15) is 11.1 Å². The number of thiophene rings is 1. The monoisotopic (exact) mass is 360 g/mol. The molecule has 4 heteroatoms. The summed E-state index contributed by atoms with van der Waals surface area (Å²) in [7, 11) is 2.13. The van der Waals surface area contributed by atoms with Gasteiger partial charge in [0.05, 0.1) is 3.79 Å². The zero-order chi connectivity index (χ0) is 14.8. The Morgan fingerprint density at radius 3 is 2.57 bits per heavy atom. The largest absolute Gasteiger partial charge is 0.370 e. The van der Waals surface area contributed by atoms with Crippen molar-refractivity contribution in [2.24, 2.45) is 5.73 Å². The quantitative estimate of drug-likeness (QED) is 0.726. The number of nitrogens with two attached hydrogens (primary N) is 1. The smallest absolute Gasteiger partial charge is 0.0701 e. The number of halogens is 1. The first kappa shape index (κ1) is 14.6. The Balaban J connectivity index is 2.00. The molecule has 2 nitrogen and oxygen atoms in total. The van der Waals surface area contributed by atoms with E-state index in [-0.39, 0.29) is 0 Å². The molecule has 3 aromatic rings. The van der Waals surface area contributed by atoms with Crippen molar-refractivity contribution in [2.45, 2.75) is 13.1 Å². The van der Waals surface area contributed by atoms with Crippen molar-refractivity contribution < 1.29 is 0 Å². The van der Waals surface area contributed by atoms with Gasteiger partial charge in [0.15, 0.2) is 0 Å². The number of rotatable bonds is 4. The van der Waals surface area contributed by atoms with Crippen LogP contribution in [0.3, 0.4) is 0 Å². The van der Waals surface area contributed by atoms with Crippen LogP contribution in [-0.4, -0.2) is 7.05 Å². The number of hydrogen-bond donors (Lipinski definition) is 1. The van der Waals surface area contributed by atoms with Crippen LogP contribution in [0.15, 0.2) is 51.6 Å². The molecule has 0 fully saturated rings. The van der Waals surface area contributed by atoms with Gasteiger partial charge >= 0.3 is 0 Å². The van der Waals surface area contributed by atoms with Crippen LogP contribution >= 0.6 is 27.3 Å². The molecule has 1 aromatic heterocycles. The predicted molar refractivity (Wildman–Crippen MR) is 96.0 cm³/mol. The van der Waals surface area contributed by atoms with E-state index in [0.29, 0.717) is 6.54 Å². The lowest BCUT2D eigenvalue weighted by atomic mass is 10.0. The summed E-state index contributed by atoms with van der Waals surface area (Å²) in [5.74, 6) is 0. The molecule has 0 saturated carbocycles. The predicted octanol–water partition coefficient (Wildman–Crippen LogP) is 4.76. The van der Waals surface area contributed by atoms with Gasteiger partial charge in [-0.3, -0.25) is 0 Å². The molecule has 108 valence electrons. The summed E-state index contributed by atoms with van der Waals surface area (Å²) < 4.78 is 1.18. The Labute approximate surface area is 137 Å². The van der Waals surface area contributed by atoms with E-state index in [9.17, 15) is 0 Å². The Kier molecular flexibility index (Phi) is 4.29. The van der Waals surface area contributed by atoms with Gasteiger partial charge < -0.3 is 10.6 Å². The van der Waals surface area contributed by atoms with Gasteiger partial charge in [-0.1, -0.05) is 30.3 Å². The Morgan fingerprint density at radius 1 is 1.14 bits per heavy atom. The maximum absolute atomic E-state index is 5.85. The van der Waals surface area contributed by atoms with Crippen molar-refractivity contribution in [2.75, 3.05) is 11.9 Å². The lowest BCUT2D eigenvalue weighted by Crippen LogP contribution is -2.16. The summed E-state index contributed by atoms with van der Waals surface area (Å²) in [6, 6.07) is 15.0. The molecule has 0 spiro atoms. The average molecular weight is 361 g/mol. The Hall–Kier alpha value is -1.36. The lowest BCUT2D eigenvalue weighted by molar-refractivity contribution is 0.931. The van der Waals surface area contributed by atoms with Gasteiger partial charge in [-0.15, -0.1) is 11.3 Å². The van der Waals surface area contributed by atoms with E-state index in [2.05, 4.69) is 75.7 Å². The molecule has 0 aliphatic carbocycles. The molecule has 0 bridgehead atoms. The zero-order valence-corrected chi connectivity index (χ0v) is 14.2. The minimum atomic E-state index is 0.571. The molecule has 2 N–H and O–H groups in total. The van der Waals surface area contributed by atoms with Gasteiger partial charge in [-0.2, -0.15) is 0 Å². The normalized spacial score (nSPS) is 11.0. The van der Waals surface area contributed by atoms with Crippen molar-refractivity contribution in [1.82, 2.24) is 0 Å². The Bertz CT molecular complexity index is 766. The second-order valence-electron chi connectivity index (χ2n) is 5.11. The summed E-state index contributed by atoms with van der Waals surface area (Å²) in [5, 5.41) is 4.70. The maximum atomic E-state index is 5.85. The second kappa shape index (κ2) is 6.18. The van der Waals surface area contributed by atoms with E-state index in [0.717, 1.165) is 6.54 Å². The lowest BCUT2D eigenvalue weighted by Gasteiger charge is -2.21. The fourth-order valence-electron chi connectivity index (χ4n) is 2.64. The number of fused-ring (bicyclic) bond motifs is 1. The van der Waals surface area contributed by atoms with Gasteiger partial charge in [0.2, 0.25) is 0 Å². The van der Waals surface area contributed by atoms with Crippen LogP contribution in [-0.2, 0) is 13.1 Å². The van der Waals surface area contributed by atoms with Crippen molar-refractivity contribution in [3.63, 3.8) is 0 Å². The highest BCUT2D eigenvalue weighted by atomic mass is 79.9. The van der Waals surface area contributed by atoms with Crippen molar-refractivity contribution in [3.05, 3.63) is 62.8 Å². The molecule has 0 radical (unpaired) electrons. The molecule has 0 aliphatic heterocycles. The molecule has 0 atom stereocenters. The summed E-state index contributed by atoms with van der Waals surface area (Å²) in [5.41, 5.74) is 9.61. The van der Waals surface area contributed by atoms with Gasteiger partial charge in [-0.05, 0) is 50.0 Å². The Morgan fingerprint density at radius 2 is 1.90 bits per heavy atom. The third-order valence-electron chi connectivity index (χ3n) is 3.66. The molecule has 2 aromatic carbocycles. The fraction of sp³-hybridized carbons (Fsp3) is 0.176. The van der Waals surface area contributed by atoms with E-state index in [1.165, 1.54) is 31.4 Å². The van der Waals surface area contributed by atoms with E-state index >= 15 is 0 Å². The topological polar surface area (TPSA) is 29.3 Å². The molecule has 0 aliphatic rings. The van der Waals surface area contributed by atoms with Crippen molar-refractivity contribution >= 4 is 43.7 Å². The minimum absolute atomic E-state index is 0.571. The van der Waals surface area contributed by atoms with E-state index in [4.69, 9.17) is 5.73 Å². The summed E-state index contributed by atoms with van der Waals surface area (Å²) in [6.07, 6.45) is 0. The summed E-state index contributed by atoms with van der Waals surface area (Å²) in [6.45, 7) is 1.47. The van der Waals surface area contributed by atoms with E-state index in [1.54, 1.807) is 11.3 Å². The highest BCUT2D eigenvalue weighted by molar-refractivity contribution is 9.11. The van der Waals surface area contributed by atoms with E-state index in [1.807, 2.05) is 0 Å². The molecular weight excluding hydrogens is 344 g/mol. The number of anilines is 1. The minimum Gasteiger partial charge on any atom is -0.370 e. The van der Waals surface area contributed by atoms with Gasteiger partial charge in [0.25, 0.3) is 0 Å². The third kappa shape index (κ3) is 2.98. The number of benzene rings is 2. The van der Waals surface area contributed by atoms with Crippen LogP contribution in [0.2, 0.25) is 0 Å². The van der Waals surface area contributed by atoms with Gasteiger partial charge in [0, 0.05) is 31.2 Å². The van der Waals surface area contributed by atoms with Gasteiger partial charge in [-0.25, -0.2) is 0 Å². The number of hydrogen-bond acceptors (Lipinski definition) is 3. The molecule has 0 amide bonds. The van der Waals surface area contributed by atoms with Crippen molar-refractivity contribution in [3.8, 4) is 0 Å². The highest BCUT2D eigenvalue weighted by Gasteiger charge is 2.09. The first-order valence-corrected chi connectivity index (χ1v) is 8.51. The first-order chi connectivity index (χ1) is 10.2. The standard InChI is InChI=1S/C17H17BrN2S/c1-20(10-12-8-17(18)21-11-12)16-7-6-13(9-19)14-4-2-3-5-15(14)16/h2-8,11H,9-10,19H2,1H3. The summed E-state index contributed by atoms with van der Waals surface area (Å²) >= 11 is 5.25. The highest BCUT2D eigenvalue weighted by Crippen LogP contribution is 2.30. The van der Waals surface area contributed by atoms with Crippen LogP contribution in [0.25, 0.3) is 10.8 Å². The molecular formula is C17H17BrN2S. The van der Waals surface area contributed by atoms with Crippen LogP contribution < -0.4 is 10.6 Å².